The van der Waals surface area contributed by atoms with Crippen LogP contribution in [0.15, 0.2) is 0 Å². The molecular formula is C15H27NO4. The summed E-state index contributed by atoms with van der Waals surface area (Å²) in [5, 5.41) is 21.8. The molecule has 5 heteroatoms. The summed E-state index contributed by atoms with van der Waals surface area (Å²) in [4.78, 5) is 22.3. The van der Waals surface area contributed by atoms with Gasteiger partial charge in [0.25, 0.3) is 0 Å². The lowest BCUT2D eigenvalue weighted by molar-refractivity contribution is -0.138. The average Bonchev–Trinajstić information content (AvgIpc) is 2.36. The van der Waals surface area contributed by atoms with Gasteiger partial charge in [0.05, 0.1) is 5.60 Å². The summed E-state index contributed by atoms with van der Waals surface area (Å²) >= 11 is 0. The number of amides is 1. The number of carbonyl (C=O) groups is 2. The van der Waals surface area contributed by atoms with E-state index in [0.717, 1.165) is 32.1 Å². The second-order valence-electron chi connectivity index (χ2n) is 6.26. The molecule has 116 valence electrons. The van der Waals surface area contributed by atoms with E-state index >= 15 is 0 Å². The minimum Gasteiger partial charge on any atom is -0.481 e. The number of carbonyl (C=O) groups excluding carboxylic acids is 1. The number of hydrogen-bond donors (Lipinski definition) is 3. The van der Waals surface area contributed by atoms with Crippen LogP contribution in [0.25, 0.3) is 0 Å². The monoisotopic (exact) mass is 285 g/mol. The zero-order valence-corrected chi connectivity index (χ0v) is 12.5. The third-order valence-electron chi connectivity index (χ3n) is 4.28. The first-order chi connectivity index (χ1) is 9.34. The lowest BCUT2D eigenvalue weighted by atomic mass is 9.78. The van der Waals surface area contributed by atoms with Gasteiger partial charge in [0.2, 0.25) is 5.91 Å². The van der Waals surface area contributed by atoms with Gasteiger partial charge in [0.1, 0.15) is 0 Å². The first-order valence-corrected chi connectivity index (χ1v) is 7.55. The van der Waals surface area contributed by atoms with Crippen molar-refractivity contribution in [2.24, 2.45) is 11.8 Å². The quantitative estimate of drug-likeness (QED) is 0.667. The molecule has 1 aliphatic rings. The highest BCUT2D eigenvalue weighted by molar-refractivity contribution is 5.77. The Balaban J connectivity index is 2.28. The molecule has 0 aromatic heterocycles. The largest absolute Gasteiger partial charge is 0.481 e. The maximum atomic E-state index is 11.7. The molecule has 0 aromatic rings. The molecule has 0 saturated heterocycles. The van der Waals surface area contributed by atoms with Crippen molar-refractivity contribution in [2.75, 3.05) is 6.54 Å². The van der Waals surface area contributed by atoms with Gasteiger partial charge in [0.15, 0.2) is 0 Å². The number of aliphatic carboxylic acids is 1. The Kier molecular flexibility index (Phi) is 6.46. The number of carboxylic acids is 1. The van der Waals surface area contributed by atoms with E-state index in [1.165, 1.54) is 0 Å². The van der Waals surface area contributed by atoms with Crippen molar-refractivity contribution in [2.45, 2.75) is 64.4 Å². The van der Waals surface area contributed by atoms with E-state index in [1.54, 1.807) is 6.92 Å². The van der Waals surface area contributed by atoms with Crippen LogP contribution in [0.5, 0.6) is 0 Å². The van der Waals surface area contributed by atoms with Crippen molar-refractivity contribution < 1.29 is 19.8 Å². The van der Waals surface area contributed by atoms with E-state index in [-0.39, 0.29) is 31.2 Å². The van der Waals surface area contributed by atoms with Crippen LogP contribution in [0.1, 0.15) is 58.8 Å². The van der Waals surface area contributed by atoms with Crippen LogP contribution in [-0.2, 0) is 9.59 Å². The second kappa shape index (κ2) is 7.62. The van der Waals surface area contributed by atoms with Gasteiger partial charge < -0.3 is 15.5 Å². The maximum Gasteiger partial charge on any atom is 0.303 e. The SMILES string of the molecule is CCC1CCC(O)(CNC(=O)CC(C)CC(=O)O)CC1. The first-order valence-electron chi connectivity index (χ1n) is 7.55. The van der Waals surface area contributed by atoms with E-state index < -0.39 is 11.6 Å². The maximum absolute atomic E-state index is 11.7. The van der Waals surface area contributed by atoms with Crippen LogP contribution in [0.2, 0.25) is 0 Å². The third kappa shape index (κ3) is 5.90. The van der Waals surface area contributed by atoms with Crippen LogP contribution in [0.3, 0.4) is 0 Å². The van der Waals surface area contributed by atoms with E-state index in [4.69, 9.17) is 5.11 Å². The Labute approximate surface area is 120 Å². The molecule has 1 rings (SSSR count). The van der Waals surface area contributed by atoms with E-state index in [0.29, 0.717) is 5.92 Å². The Bertz CT molecular complexity index is 335. The fourth-order valence-corrected chi connectivity index (χ4v) is 2.82. The van der Waals surface area contributed by atoms with Crippen LogP contribution >= 0.6 is 0 Å². The highest BCUT2D eigenvalue weighted by atomic mass is 16.4. The normalized spacial score (nSPS) is 27.9. The Morgan fingerprint density at radius 3 is 2.40 bits per heavy atom. The lowest BCUT2D eigenvalue weighted by Crippen LogP contribution is -2.45. The molecule has 1 saturated carbocycles. The molecule has 0 radical (unpaired) electrons. The van der Waals surface area contributed by atoms with Crippen molar-refractivity contribution in [3.05, 3.63) is 0 Å². The highest BCUT2D eigenvalue weighted by Crippen LogP contribution is 2.33. The fourth-order valence-electron chi connectivity index (χ4n) is 2.82. The van der Waals surface area contributed by atoms with Crippen molar-refractivity contribution in [1.82, 2.24) is 5.32 Å². The van der Waals surface area contributed by atoms with Crippen molar-refractivity contribution >= 4 is 11.9 Å². The van der Waals surface area contributed by atoms with E-state index in [9.17, 15) is 14.7 Å². The summed E-state index contributed by atoms with van der Waals surface area (Å²) in [6.45, 7) is 4.19. The predicted octanol–water partition coefficient (Wildman–Crippen LogP) is 1.93. The lowest BCUT2D eigenvalue weighted by Gasteiger charge is -2.35. The number of carboxylic acid groups (broad SMARTS) is 1. The molecule has 1 atom stereocenters. The number of hydrogen-bond acceptors (Lipinski definition) is 3. The predicted molar refractivity (Wildman–Crippen MR) is 76.2 cm³/mol. The third-order valence-corrected chi connectivity index (χ3v) is 4.28. The van der Waals surface area contributed by atoms with Gasteiger partial charge in [-0.3, -0.25) is 9.59 Å². The Morgan fingerprint density at radius 2 is 1.90 bits per heavy atom. The molecule has 0 bridgehead atoms. The van der Waals surface area contributed by atoms with Crippen molar-refractivity contribution in [3.8, 4) is 0 Å². The van der Waals surface area contributed by atoms with Gasteiger partial charge in [-0.15, -0.1) is 0 Å². The molecule has 3 N–H and O–H groups in total. The smallest absolute Gasteiger partial charge is 0.303 e. The van der Waals surface area contributed by atoms with Crippen molar-refractivity contribution in [1.29, 1.82) is 0 Å². The fraction of sp³-hybridized carbons (Fsp3) is 0.867. The Morgan fingerprint density at radius 1 is 1.30 bits per heavy atom. The minimum atomic E-state index is -0.887. The second-order valence-corrected chi connectivity index (χ2v) is 6.26. The van der Waals surface area contributed by atoms with Crippen LogP contribution < -0.4 is 5.32 Å². The van der Waals surface area contributed by atoms with Gasteiger partial charge in [-0.25, -0.2) is 0 Å². The number of nitrogens with one attached hydrogen (secondary N) is 1. The van der Waals surface area contributed by atoms with Crippen molar-refractivity contribution in [3.63, 3.8) is 0 Å². The summed E-state index contributed by atoms with van der Waals surface area (Å²) in [5.41, 5.74) is -0.780. The summed E-state index contributed by atoms with van der Waals surface area (Å²) < 4.78 is 0. The minimum absolute atomic E-state index is 0.00410. The van der Waals surface area contributed by atoms with E-state index in [1.807, 2.05) is 0 Å². The van der Waals surface area contributed by atoms with Crippen LogP contribution in [-0.4, -0.2) is 34.2 Å². The zero-order chi connectivity index (χ0) is 15.2. The molecule has 1 amide bonds. The zero-order valence-electron chi connectivity index (χ0n) is 12.5. The van der Waals surface area contributed by atoms with E-state index in [2.05, 4.69) is 12.2 Å². The summed E-state index contributed by atoms with van der Waals surface area (Å²) in [6.07, 6.45) is 4.83. The molecule has 0 aliphatic heterocycles. The summed E-state index contributed by atoms with van der Waals surface area (Å²) in [7, 11) is 0. The van der Waals surface area contributed by atoms with Gasteiger partial charge in [-0.05, 0) is 37.5 Å². The highest BCUT2D eigenvalue weighted by Gasteiger charge is 2.32. The molecular weight excluding hydrogens is 258 g/mol. The van der Waals surface area contributed by atoms with Crippen LogP contribution in [0, 0.1) is 11.8 Å². The van der Waals surface area contributed by atoms with Gasteiger partial charge in [-0.2, -0.15) is 0 Å². The molecule has 5 nitrogen and oxygen atoms in total. The molecule has 0 aromatic carbocycles. The molecule has 1 fully saturated rings. The summed E-state index contributed by atoms with van der Waals surface area (Å²) in [6, 6.07) is 0. The van der Waals surface area contributed by atoms with Gasteiger partial charge >= 0.3 is 5.97 Å². The number of aliphatic hydroxyl groups is 1. The average molecular weight is 285 g/mol. The standard InChI is InChI=1S/C15H27NO4/c1-3-12-4-6-15(20,7-5-12)10-16-13(17)8-11(2)9-14(18)19/h11-12,20H,3-10H2,1-2H3,(H,16,17)(H,18,19). The first kappa shape index (κ1) is 17.0. The molecule has 1 aliphatic carbocycles. The molecule has 20 heavy (non-hydrogen) atoms. The van der Waals surface area contributed by atoms with Gasteiger partial charge in [0, 0.05) is 19.4 Å². The summed E-state index contributed by atoms with van der Waals surface area (Å²) in [5.74, 6) is -0.550. The molecule has 0 heterocycles. The molecule has 1 unspecified atom stereocenters. The number of rotatable bonds is 7. The topological polar surface area (TPSA) is 86.6 Å². The van der Waals surface area contributed by atoms with Gasteiger partial charge in [-0.1, -0.05) is 20.3 Å². The molecule has 0 spiro atoms. The Hall–Kier alpha value is -1.10. The van der Waals surface area contributed by atoms with Crippen LogP contribution in [0.4, 0.5) is 0 Å².